The molecule has 0 atom stereocenters. The molecular weight excluding hydrogens is 435 g/mol. The summed E-state index contributed by atoms with van der Waals surface area (Å²) in [5, 5.41) is 10.1. The Morgan fingerprint density at radius 2 is 2.08 bits per heavy atom. The lowest BCUT2D eigenvalue weighted by Gasteiger charge is -2.36. The quantitative estimate of drug-likeness (QED) is 0.370. The third kappa shape index (κ3) is 7.59. The summed E-state index contributed by atoms with van der Waals surface area (Å²) in [5.41, 5.74) is 0.814. The second-order valence-corrected chi connectivity index (χ2v) is 6.15. The lowest BCUT2D eigenvalue weighted by atomic mass is 10.3. The molecule has 0 aliphatic carbocycles. The first kappa shape index (κ1) is 21.7. The first-order valence-corrected chi connectivity index (χ1v) is 8.52. The van der Waals surface area contributed by atoms with E-state index in [1.807, 2.05) is 19.9 Å². The molecule has 0 unspecified atom stereocenters. The normalized spacial score (nSPS) is 15.8. The highest BCUT2D eigenvalue weighted by Gasteiger charge is 2.21. The highest BCUT2D eigenvalue weighted by atomic mass is 127. The molecule has 9 heteroatoms. The maximum Gasteiger partial charge on any atom is 0.234 e. The van der Waals surface area contributed by atoms with E-state index in [4.69, 9.17) is 4.52 Å². The number of guanidine groups is 1. The van der Waals surface area contributed by atoms with E-state index in [0.717, 1.165) is 44.4 Å². The summed E-state index contributed by atoms with van der Waals surface area (Å²) in [4.78, 5) is 20.9. The standard InChI is InChI=1S/C16H28N6O2.HI/c1-4-17-16(18-11-14-5-10-24-20-14)22-8-6-21(7-9-22)12-15(23)19-13(2)3;/h5,10,13H,4,6-9,11-12H2,1-3H3,(H,17,18)(H,19,23);1H. The zero-order valence-corrected chi connectivity index (χ0v) is 17.5. The number of aromatic nitrogens is 1. The topological polar surface area (TPSA) is 86.0 Å². The molecule has 0 bridgehead atoms. The van der Waals surface area contributed by atoms with E-state index < -0.39 is 0 Å². The lowest BCUT2D eigenvalue weighted by molar-refractivity contribution is -0.123. The minimum Gasteiger partial charge on any atom is -0.364 e. The first-order chi connectivity index (χ1) is 11.6. The van der Waals surface area contributed by atoms with Crippen molar-refractivity contribution in [2.24, 2.45) is 4.99 Å². The summed E-state index contributed by atoms with van der Waals surface area (Å²) < 4.78 is 4.83. The fourth-order valence-electron chi connectivity index (χ4n) is 2.59. The molecule has 1 saturated heterocycles. The van der Waals surface area contributed by atoms with Crippen molar-refractivity contribution in [2.75, 3.05) is 39.3 Å². The first-order valence-electron chi connectivity index (χ1n) is 8.52. The minimum atomic E-state index is 0. The van der Waals surface area contributed by atoms with Crippen molar-refractivity contribution in [2.45, 2.75) is 33.4 Å². The number of nitrogens with zero attached hydrogens (tertiary/aromatic N) is 4. The van der Waals surface area contributed by atoms with Gasteiger partial charge in [-0.15, -0.1) is 24.0 Å². The van der Waals surface area contributed by atoms with E-state index in [1.54, 1.807) is 6.26 Å². The van der Waals surface area contributed by atoms with E-state index >= 15 is 0 Å². The SMILES string of the molecule is CCNC(=NCc1ccon1)N1CCN(CC(=O)NC(C)C)CC1.I. The molecule has 2 rings (SSSR count). The third-order valence-corrected chi connectivity index (χ3v) is 3.71. The summed E-state index contributed by atoms with van der Waals surface area (Å²) in [6, 6.07) is 2.00. The summed E-state index contributed by atoms with van der Waals surface area (Å²) in [6.07, 6.45) is 1.55. The largest absolute Gasteiger partial charge is 0.364 e. The van der Waals surface area contributed by atoms with Crippen LogP contribution in [0, 0.1) is 0 Å². The van der Waals surface area contributed by atoms with Gasteiger partial charge in [-0.05, 0) is 20.8 Å². The number of rotatable bonds is 6. The molecule has 0 saturated carbocycles. The Labute approximate surface area is 166 Å². The fourth-order valence-corrected chi connectivity index (χ4v) is 2.59. The molecule has 1 aliphatic heterocycles. The predicted molar refractivity (Wildman–Crippen MR) is 108 cm³/mol. The number of nitrogens with one attached hydrogen (secondary N) is 2. The van der Waals surface area contributed by atoms with Gasteiger partial charge in [-0.1, -0.05) is 5.16 Å². The van der Waals surface area contributed by atoms with Crippen LogP contribution >= 0.6 is 24.0 Å². The maximum absolute atomic E-state index is 11.9. The summed E-state index contributed by atoms with van der Waals surface area (Å²) in [6.45, 7) is 11.2. The molecule has 0 radical (unpaired) electrons. The summed E-state index contributed by atoms with van der Waals surface area (Å²) in [5.74, 6) is 0.969. The Balaban J connectivity index is 0.00000312. The van der Waals surface area contributed by atoms with Gasteiger partial charge in [-0.25, -0.2) is 4.99 Å². The number of carbonyl (C=O) groups excluding carboxylic acids is 1. The zero-order valence-electron chi connectivity index (χ0n) is 15.2. The van der Waals surface area contributed by atoms with Crippen molar-refractivity contribution in [3.8, 4) is 0 Å². The van der Waals surface area contributed by atoms with Crippen molar-refractivity contribution in [1.82, 2.24) is 25.6 Å². The number of hydrogen-bond acceptors (Lipinski definition) is 5. The van der Waals surface area contributed by atoms with E-state index in [9.17, 15) is 4.79 Å². The molecule has 2 N–H and O–H groups in total. The van der Waals surface area contributed by atoms with Crippen LogP contribution < -0.4 is 10.6 Å². The molecule has 1 amide bonds. The maximum atomic E-state index is 11.9. The number of carbonyl (C=O) groups is 1. The lowest BCUT2D eigenvalue weighted by Crippen LogP contribution is -2.54. The second kappa shape index (κ2) is 11.3. The Morgan fingerprint density at radius 3 is 2.64 bits per heavy atom. The fraction of sp³-hybridized carbons (Fsp3) is 0.688. The van der Waals surface area contributed by atoms with Gasteiger partial charge in [-0.2, -0.15) is 0 Å². The van der Waals surface area contributed by atoms with E-state index in [0.29, 0.717) is 13.1 Å². The van der Waals surface area contributed by atoms with Crippen LogP contribution in [0.5, 0.6) is 0 Å². The summed E-state index contributed by atoms with van der Waals surface area (Å²) >= 11 is 0. The average Bonchev–Trinajstić information content (AvgIpc) is 3.05. The minimum absolute atomic E-state index is 0. The van der Waals surface area contributed by atoms with Crippen LogP contribution in [0.2, 0.25) is 0 Å². The van der Waals surface area contributed by atoms with Crippen molar-refractivity contribution in [3.05, 3.63) is 18.0 Å². The molecular formula is C16H29IN6O2. The molecule has 0 spiro atoms. The van der Waals surface area contributed by atoms with Gasteiger partial charge in [0, 0.05) is 44.8 Å². The van der Waals surface area contributed by atoms with Crippen LogP contribution in [-0.2, 0) is 11.3 Å². The van der Waals surface area contributed by atoms with Gasteiger partial charge >= 0.3 is 0 Å². The summed E-state index contributed by atoms with van der Waals surface area (Å²) in [7, 11) is 0. The molecule has 1 fully saturated rings. The van der Waals surface area contributed by atoms with Gasteiger partial charge < -0.3 is 20.1 Å². The van der Waals surface area contributed by atoms with Crippen LogP contribution in [0.25, 0.3) is 0 Å². The molecule has 142 valence electrons. The van der Waals surface area contributed by atoms with Gasteiger partial charge in [0.15, 0.2) is 5.96 Å². The van der Waals surface area contributed by atoms with Crippen LogP contribution in [0.15, 0.2) is 21.8 Å². The molecule has 1 aromatic heterocycles. The molecule has 1 aromatic rings. The highest BCUT2D eigenvalue weighted by Crippen LogP contribution is 2.04. The van der Waals surface area contributed by atoms with Crippen molar-refractivity contribution < 1.29 is 9.32 Å². The van der Waals surface area contributed by atoms with Gasteiger partial charge in [0.25, 0.3) is 0 Å². The zero-order chi connectivity index (χ0) is 17.4. The van der Waals surface area contributed by atoms with E-state index in [1.165, 1.54) is 0 Å². The monoisotopic (exact) mass is 464 g/mol. The van der Waals surface area contributed by atoms with Crippen molar-refractivity contribution >= 4 is 35.8 Å². The van der Waals surface area contributed by atoms with Gasteiger partial charge in [-0.3, -0.25) is 9.69 Å². The van der Waals surface area contributed by atoms with Crippen molar-refractivity contribution in [3.63, 3.8) is 0 Å². The molecule has 1 aliphatic rings. The second-order valence-electron chi connectivity index (χ2n) is 6.15. The smallest absolute Gasteiger partial charge is 0.234 e. The van der Waals surface area contributed by atoms with E-state index in [-0.39, 0.29) is 35.9 Å². The Hall–Kier alpha value is -1.36. The Bertz CT molecular complexity index is 527. The number of hydrogen-bond donors (Lipinski definition) is 2. The highest BCUT2D eigenvalue weighted by molar-refractivity contribution is 14.0. The van der Waals surface area contributed by atoms with Crippen LogP contribution in [0.1, 0.15) is 26.5 Å². The van der Waals surface area contributed by atoms with Crippen LogP contribution in [0.3, 0.4) is 0 Å². The Morgan fingerprint density at radius 1 is 1.36 bits per heavy atom. The molecule has 25 heavy (non-hydrogen) atoms. The third-order valence-electron chi connectivity index (χ3n) is 3.71. The van der Waals surface area contributed by atoms with E-state index in [2.05, 4.69) is 37.5 Å². The number of aliphatic imine (C=N–C) groups is 1. The number of amides is 1. The van der Waals surface area contributed by atoms with Gasteiger partial charge in [0.05, 0.1) is 13.1 Å². The average molecular weight is 464 g/mol. The molecule has 2 heterocycles. The predicted octanol–water partition coefficient (Wildman–Crippen LogP) is 0.900. The number of halogens is 1. The Kier molecular flexibility index (Phi) is 9.79. The molecule has 8 nitrogen and oxygen atoms in total. The number of piperazine rings is 1. The van der Waals surface area contributed by atoms with Crippen molar-refractivity contribution in [1.29, 1.82) is 0 Å². The molecule has 0 aromatic carbocycles. The van der Waals surface area contributed by atoms with Gasteiger partial charge in [0.2, 0.25) is 5.91 Å². The van der Waals surface area contributed by atoms with Gasteiger partial charge in [0.1, 0.15) is 12.0 Å². The van der Waals surface area contributed by atoms with Crippen LogP contribution in [0.4, 0.5) is 0 Å². The van der Waals surface area contributed by atoms with Crippen LogP contribution in [-0.4, -0.2) is 72.1 Å².